The highest BCUT2D eigenvalue weighted by Gasteiger charge is 2.26. The van der Waals surface area contributed by atoms with Crippen LogP contribution in [0.2, 0.25) is 0 Å². The van der Waals surface area contributed by atoms with Gasteiger partial charge in [-0.15, -0.1) is 0 Å². The van der Waals surface area contributed by atoms with Crippen molar-refractivity contribution in [2.24, 2.45) is 11.8 Å². The zero-order valence-corrected chi connectivity index (χ0v) is 17.8. The largest absolute Gasteiger partial charge is 0.341 e. The van der Waals surface area contributed by atoms with Gasteiger partial charge < -0.3 is 4.90 Å². The number of nitrogens with zero attached hydrogens (tertiary/aromatic N) is 3. The highest BCUT2D eigenvalue weighted by atomic mass is 32.2. The molecule has 0 aromatic carbocycles. The molecule has 1 aliphatic carbocycles. The standard InChI is InChI=1S/C22H30N4O2S/c27-20-19(29-22(28)25-20)15-18-9-12-23-21(24-18)26-13-10-17(11-14-26)8-4-7-16-5-2-1-3-6-16/h9,12,15-17H,1-8,10-11,13-14H2,(H,25,27,28)/b19-15-. The maximum atomic E-state index is 11.7. The van der Waals surface area contributed by atoms with Crippen molar-refractivity contribution in [1.29, 1.82) is 0 Å². The average Bonchev–Trinajstić information content (AvgIpc) is 3.06. The molecule has 1 N–H and O–H groups in total. The molecule has 0 spiro atoms. The molecule has 1 aromatic heterocycles. The molecular formula is C22H30N4O2S. The van der Waals surface area contributed by atoms with Crippen LogP contribution in [0, 0.1) is 11.8 Å². The summed E-state index contributed by atoms with van der Waals surface area (Å²) in [6.07, 6.45) is 17.2. The maximum Gasteiger partial charge on any atom is 0.290 e. The van der Waals surface area contributed by atoms with Gasteiger partial charge in [0.15, 0.2) is 0 Å². The van der Waals surface area contributed by atoms with Gasteiger partial charge in [0, 0.05) is 19.3 Å². The molecule has 0 unspecified atom stereocenters. The summed E-state index contributed by atoms with van der Waals surface area (Å²) in [5, 5.41) is 1.94. The van der Waals surface area contributed by atoms with E-state index in [0.717, 1.165) is 42.6 Å². The zero-order valence-electron chi connectivity index (χ0n) is 16.9. The molecule has 3 heterocycles. The van der Waals surface area contributed by atoms with Gasteiger partial charge in [0.2, 0.25) is 5.95 Å². The Bertz CT molecular complexity index is 768. The number of amides is 2. The van der Waals surface area contributed by atoms with Gasteiger partial charge in [0.05, 0.1) is 10.6 Å². The Morgan fingerprint density at radius 1 is 1.07 bits per heavy atom. The number of carbonyl (C=O) groups excluding carboxylic acids is 2. The van der Waals surface area contributed by atoms with Gasteiger partial charge in [0.25, 0.3) is 11.1 Å². The van der Waals surface area contributed by atoms with Gasteiger partial charge >= 0.3 is 0 Å². The lowest BCUT2D eigenvalue weighted by Crippen LogP contribution is -2.35. The molecule has 2 aliphatic heterocycles. The lowest BCUT2D eigenvalue weighted by Gasteiger charge is -2.32. The van der Waals surface area contributed by atoms with E-state index in [-0.39, 0.29) is 11.1 Å². The molecule has 3 aliphatic rings. The number of thioether (sulfide) groups is 1. The molecule has 1 saturated carbocycles. The molecule has 0 radical (unpaired) electrons. The Kier molecular flexibility index (Phi) is 6.85. The normalized spacial score (nSPS) is 23.0. The SMILES string of the molecule is O=C1NC(=O)/C(=C/c2ccnc(N3CCC(CCCC4CCCCC4)CC3)n2)S1. The fourth-order valence-corrected chi connectivity index (χ4v) is 5.41. The Labute approximate surface area is 176 Å². The van der Waals surface area contributed by atoms with E-state index in [1.807, 2.05) is 0 Å². The Morgan fingerprint density at radius 2 is 1.79 bits per heavy atom. The highest BCUT2D eigenvalue weighted by molar-refractivity contribution is 8.18. The smallest absolute Gasteiger partial charge is 0.290 e. The van der Waals surface area contributed by atoms with E-state index in [4.69, 9.17) is 0 Å². The van der Waals surface area contributed by atoms with E-state index in [1.165, 1.54) is 64.2 Å². The van der Waals surface area contributed by atoms with Crippen LogP contribution in [0.3, 0.4) is 0 Å². The summed E-state index contributed by atoms with van der Waals surface area (Å²) >= 11 is 0.915. The number of nitrogens with one attached hydrogen (secondary N) is 1. The van der Waals surface area contributed by atoms with Crippen molar-refractivity contribution >= 4 is 34.9 Å². The molecule has 4 rings (SSSR count). The Balaban J connectivity index is 1.26. The molecular weight excluding hydrogens is 384 g/mol. The van der Waals surface area contributed by atoms with Crippen LogP contribution in [-0.4, -0.2) is 34.2 Å². The van der Waals surface area contributed by atoms with E-state index in [2.05, 4.69) is 20.2 Å². The summed E-state index contributed by atoms with van der Waals surface area (Å²) in [4.78, 5) is 34.7. The fraction of sp³-hybridized carbons (Fsp3) is 0.636. The summed E-state index contributed by atoms with van der Waals surface area (Å²) < 4.78 is 0. The maximum absolute atomic E-state index is 11.7. The van der Waals surface area contributed by atoms with E-state index in [9.17, 15) is 9.59 Å². The molecule has 3 fully saturated rings. The van der Waals surface area contributed by atoms with Crippen molar-refractivity contribution < 1.29 is 9.59 Å². The van der Waals surface area contributed by atoms with E-state index < -0.39 is 0 Å². The minimum atomic E-state index is -0.353. The topological polar surface area (TPSA) is 75.2 Å². The lowest BCUT2D eigenvalue weighted by atomic mass is 9.83. The van der Waals surface area contributed by atoms with E-state index >= 15 is 0 Å². The van der Waals surface area contributed by atoms with Crippen molar-refractivity contribution in [2.45, 2.75) is 64.2 Å². The third kappa shape index (κ3) is 5.59. The van der Waals surface area contributed by atoms with Crippen molar-refractivity contribution in [2.75, 3.05) is 18.0 Å². The second kappa shape index (κ2) is 9.74. The Morgan fingerprint density at radius 3 is 2.48 bits per heavy atom. The van der Waals surface area contributed by atoms with Gasteiger partial charge in [-0.1, -0.05) is 51.4 Å². The first-order valence-electron chi connectivity index (χ1n) is 11.0. The molecule has 2 saturated heterocycles. The summed E-state index contributed by atoms with van der Waals surface area (Å²) in [6.45, 7) is 1.98. The minimum absolute atomic E-state index is 0.332. The predicted molar refractivity (Wildman–Crippen MR) is 117 cm³/mol. The molecule has 0 bridgehead atoms. The quantitative estimate of drug-likeness (QED) is 0.676. The number of aromatic nitrogens is 2. The first-order chi connectivity index (χ1) is 14.2. The van der Waals surface area contributed by atoms with Gasteiger partial charge in [-0.25, -0.2) is 9.97 Å². The first-order valence-corrected chi connectivity index (χ1v) is 11.8. The molecule has 0 atom stereocenters. The molecule has 7 heteroatoms. The molecule has 156 valence electrons. The first kappa shape index (κ1) is 20.4. The fourth-order valence-electron chi connectivity index (χ4n) is 4.74. The Hall–Kier alpha value is -1.89. The third-order valence-electron chi connectivity index (χ3n) is 6.43. The van der Waals surface area contributed by atoms with Crippen LogP contribution in [0.4, 0.5) is 10.7 Å². The number of hydrogen-bond donors (Lipinski definition) is 1. The van der Waals surface area contributed by atoms with Crippen LogP contribution >= 0.6 is 11.8 Å². The second-order valence-corrected chi connectivity index (χ2v) is 9.51. The van der Waals surface area contributed by atoms with Crippen molar-refractivity contribution in [3.05, 3.63) is 22.9 Å². The van der Waals surface area contributed by atoms with Crippen LogP contribution in [0.25, 0.3) is 6.08 Å². The van der Waals surface area contributed by atoms with Crippen LogP contribution in [-0.2, 0) is 4.79 Å². The summed E-state index contributed by atoms with van der Waals surface area (Å²) in [5.74, 6) is 2.18. The lowest BCUT2D eigenvalue weighted by molar-refractivity contribution is -0.115. The summed E-state index contributed by atoms with van der Waals surface area (Å²) in [5.41, 5.74) is 0.664. The summed E-state index contributed by atoms with van der Waals surface area (Å²) in [6, 6.07) is 1.77. The van der Waals surface area contributed by atoms with Gasteiger partial charge in [0.1, 0.15) is 0 Å². The molecule has 6 nitrogen and oxygen atoms in total. The number of rotatable bonds is 6. The van der Waals surface area contributed by atoms with Gasteiger partial charge in [-0.2, -0.15) is 0 Å². The van der Waals surface area contributed by atoms with Gasteiger partial charge in [-0.3, -0.25) is 14.9 Å². The summed E-state index contributed by atoms with van der Waals surface area (Å²) in [7, 11) is 0. The van der Waals surface area contributed by atoms with Crippen LogP contribution < -0.4 is 10.2 Å². The monoisotopic (exact) mass is 414 g/mol. The van der Waals surface area contributed by atoms with Crippen molar-refractivity contribution in [3.8, 4) is 0 Å². The third-order valence-corrected chi connectivity index (χ3v) is 7.24. The highest BCUT2D eigenvalue weighted by Crippen LogP contribution is 2.31. The van der Waals surface area contributed by atoms with Crippen LogP contribution in [0.1, 0.15) is 69.9 Å². The number of imide groups is 1. The van der Waals surface area contributed by atoms with E-state index in [1.54, 1.807) is 18.3 Å². The van der Waals surface area contributed by atoms with Crippen LogP contribution in [0.5, 0.6) is 0 Å². The van der Waals surface area contributed by atoms with Crippen LogP contribution in [0.15, 0.2) is 17.2 Å². The second-order valence-electron chi connectivity index (χ2n) is 8.50. The number of hydrogen-bond acceptors (Lipinski definition) is 6. The number of piperidine rings is 1. The van der Waals surface area contributed by atoms with Gasteiger partial charge in [-0.05, 0) is 48.6 Å². The molecule has 1 aromatic rings. The average molecular weight is 415 g/mol. The van der Waals surface area contributed by atoms with Crippen molar-refractivity contribution in [3.63, 3.8) is 0 Å². The minimum Gasteiger partial charge on any atom is -0.341 e. The number of carbonyl (C=O) groups is 2. The predicted octanol–water partition coefficient (Wildman–Crippen LogP) is 4.77. The number of anilines is 1. The van der Waals surface area contributed by atoms with E-state index in [0.29, 0.717) is 10.6 Å². The molecule has 29 heavy (non-hydrogen) atoms. The zero-order chi connectivity index (χ0) is 20.1. The molecule has 2 amide bonds. The van der Waals surface area contributed by atoms with Crippen molar-refractivity contribution in [1.82, 2.24) is 15.3 Å².